The first-order chi connectivity index (χ1) is 11.7. The number of rotatable bonds is 7. The van der Waals surface area contributed by atoms with Crippen LogP contribution in [0.2, 0.25) is 0 Å². The molecule has 0 aromatic heterocycles. The number of carboxylic acid groups (broad SMARTS) is 1. The fourth-order valence-corrected chi connectivity index (χ4v) is 1.89. The number of aliphatic carboxylic acids is 1. The van der Waals surface area contributed by atoms with Gasteiger partial charge in [-0.05, 0) is 18.4 Å². The highest BCUT2D eigenvalue weighted by molar-refractivity contribution is 6.32. The Morgan fingerprint density at radius 1 is 1.04 bits per heavy atom. The summed E-state index contributed by atoms with van der Waals surface area (Å²) >= 11 is 0. The summed E-state index contributed by atoms with van der Waals surface area (Å²) in [7, 11) is 0. The summed E-state index contributed by atoms with van der Waals surface area (Å²) in [5, 5.41) is 13.4. The molecule has 1 aromatic rings. The molecule has 0 fully saturated rings. The van der Waals surface area contributed by atoms with Gasteiger partial charge in [0.1, 0.15) is 18.7 Å². The molecule has 8 heteroatoms. The minimum absolute atomic E-state index is 0.0678. The zero-order valence-corrected chi connectivity index (χ0v) is 14.3. The maximum absolute atomic E-state index is 12.1. The molecule has 136 valence electrons. The first-order valence-corrected chi connectivity index (χ1v) is 7.77. The van der Waals surface area contributed by atoms with Crippen LogP contribution >= 0.6 is 0 Å². The molecule has 0 heterocycles. The molecule has 0 saturated heterocycles. The Morgan fingerprint density at radius 2 is 1.64 bits per heavy atom. The van der Waals surface area contributed by atoms with Crippen LogP contribution in [0.5, 0.6) is 0 Å². The predicted octanol–water partition coefficient (Wildman–Crippen LogP) is 0.460. The highest BCUT2D eigenvalue weighted by Crippen LogP contribution is 2.04. The van der Waals surface area contributed by atoms with E-state index in [4.69, 9.17) is 9.84 Å². The molecule has 1 rings (SSSR count). The van der Waals surface area contributed by atoms with Gasteiger partial charge in [0.05, 0.1) is 0 Å². The van der Waals surface area contributed by atoms with Gasteiger partial charge in [-0.1, -0.05) is 44.2 Å². The average Bonchev–Trinajstić information content (AvgIpc) is 2.57. The van der Waals surface area contributed by atoms with Crippen LogP contribution in [0.1, 0.15) is 26.3 Å². The molecule has 25 heavy (non-hydrogen) atoms. The van der Waals surface area contributed by atoms with Crippen LogP contribution in [0, 0.1) is 5.92 Å². The highest BCUT2D eigenvalue weighted by Gasteiger charge is 2.29. The van der Waals surface area contributed by atoms with Gasteiger partial charge in [0.15, 0.2) is 0 Å². The van der Waals surface area contributed by atoms with E-state index < -0.39 is 35.8 Å². The molecule has 0 radical (unpaired) electrons. The molecule has 8 nitrogen and oxygen atoms in total. The van der Waals surface area contributed by atoms with Crippen LogP contribution in [0.3, 0.4) is 0 Å². The Labute approximate surface area is 145 Å². The number of nitrogens with one attached hydrogen (secondary N) is 2. The van der Waals surface area contributed by atoms with E-state index in [0.717, 1.165) is 5.56 Å². The topological polar surface area (TPSA) is 122 Å². The van der Waals surface area contributed by atoms with E-state index in [9.17, 15) is 19.2 Å². The number of ether oxygens (including phenoxy) is 1. The number of carboxylic acids is 1. The van der Waals surface area contributed by atoms with Crippen LogP contribution in [-0.2, 0) is 30.5 Å². The average molecular weight is 350 g/mol. The Morgan fingerprint density at radius 3 is 2.16 bits per heavy atom. The van der Waals surface area contributed by atoms with Gasteiger partial charge in [0.25, 0.3) is 0 Å². The Balaban J connectivity index is 2.61. The smallest absolute Gasteiger partial charge is 0.397 e. The zero-order chi connectivity index (χ0) is 19.0. The van der Waals surface area contributed by atoms with E-state index in [0.29, 0.717) is 0 Å². The van der Waals surface area contributed by atoms with Gasteiger partial charge in [-0.2, -0.15) is 0 Å². The maximum atomic E-state index is 12.1. The minimum atomic E-state index is -1.20. The highest BCUT2D eigenvalue weighted by atomic mass is 16.5. The van der Waals surface area contributed by atoms with E-state index >= 15 is 0 Å². The summed E-state index contributed by atoms with van der Waals surface area (Å²) in [6.45, 7) is 4.55. The van der Waals surface area contributed by atoms with Gasteiger partial charge >= 0.3 is 17.8 Å². The predicted molar refractivity (Wildman–Crippen MR) is 88.2 cm³/mol. The van der Waals surface area contributed by atoms with Crippen molar-refractivity contribution in [2.45, 2.75) is 39.5 Å². The lowest BCUT2D eigenvalue weighted by Gasteiger charge is -2.22. The van der Waals surface area contributed by atoms with E-state index in [1.807, 2.05) is 6.07 Å². The van der Waals surface area contributed by atoms with Gasteiger partial charge in [-0.15, -0.1) is 0 Å². The fourth-order valence-electron chi connectivity index (χ4n) is 1.89. The van der Waals surface area contributed by atoms with Gasteiger partial charge in [-0.25, -0.2) is 4.79 Å². The molecule has 2 amide bonds. The summed E-state index contributed by atoms with van der Waals surface area (Å²) < 4.78 is 4.89. The van der Waals surface area contributed by atoms with Gasteiger partial charge < -0.3 is 20.5 Å². The molecule has 0 aliphatic rings. The second kappa shape index (κ2) is 9.41. The summed E-state index contributed by atoms with van der Waals surface area (Å²) in [4.78, 5) is 46.6. The second-order valence-electron chi connectivity index (χ2n) is 5.83. The summed E-state index contributed by atoms with van der Waals surface area (Å²) in [5.74, 6) is -4.42. The molecule has 1 aromatic carbocycles. The van der Waals surface area contributed by atoms with E-state index in [1.54, 1.807) is 38.1 Å². The lowest BCUT2D eigenvalue weighted by Crippen LogP contribution is -2.54. The van der Waals surface area contributed by atoms with Gasteiger partial charge in [0.2, 0.25) is 5.91 Å². The summed E-state index contributed by atoms with van der Waals surface area (Å²) in [6, 6.07) is 6.65. The molecule has 2 unspecified atom stereocenters. The van der Waals surface area contributed by atoms with Crippen molar-refractivity contribution >= 4 is 23.8 Å². The van der Waals surface area contributed by atoms with Crippen molar-refractivity contribution in [3.63, 3.8) is 0 Å². The Bertz CT molecular complexity index is 629. The molecule has 3 N–H and O–H groups in total. The first kappa shape index (κ1) is 20.1. The molecule has 0 spiro atoms. The van der Waals surface area contributed by atoms with Crippen LogP contribution in [0.15, 0.2) is 30.3 Å². The number of amides is 2. The number of carbonyl (C=O) groups is 4. The quantitative estimate of drug-likeness (QED) is 0.485. The fraction of sp³-hybridized carbons (Fsp3) is 0.412. The maximum Gasteiger partial charge on any atom is 0.397 e. The van der Waals surface area contributed by atoms with E-state index in [1.165, 1.54) is 6.92 Å². The SMILES string of the molecule is CC(NC(=O)C(NC(=O)C(=O)OCc1ccccc1)C(C)C)C(=O)O. The van der Waals surface area contributed by atoms with Crippen LogP contribution in [-0.4, -0.2) is 40.9 Å². The zero-order valence-electron chi connectivity index (χ0n) is 14.3. The van der Waals surface area contributed by atoms with Crippen molar-refractivity contribution in [2.24, 2.45) is 5.92 Å². The van der Waals surface area contributed by atoms with Crippen molar-refractivity contribution < 1.29 is 29.0 Å². The van der Waals surface area contributed by atoms with Crippen molar-refractivity contribution in [3.8, 4) is 0 Å². The third-order valence-electron chi connectivity index (χ3n) is 3.36. The van der Waals surface area contributed by atoms with Crippen LogP contribution in [0.4, 0.5) is 0 Å². The third kappa shape index (κ3) is 6.62. The molecule has 0 saturated carbocycles. The van der Waals surface area contributed by atoms with Crippen molar-refractivity contribution in [1.82, 2.24) is 10.6 Å². The van der Waals surface area contributed by atoms with Crippen molar-refractivity contribution in [2.75, 3.05) is 0 Å². The summed E-state index contributed by atoms with van der Waals surface area (Å²) in [6.07, 6.45) is 0. The van der Waals surface area contributed by atoms with Gasteiger partial charge in [-0.3, -0.25) is 14.4 Å². The lowest BCUT2D eigenvalue weighted by molar-refractivity contribution is -0.156. The lowest BCUT2D eigenvalue weighted by atomic mass is 10.0. The van der Waals surface area contributed by atoms with E-state index in [-0.39, 0.29) is 12.5 Å². The van der Waals surface area contributed by atoms with E-state index in [2.05, 4.69) is 10.6 Å². The first-order valence-electron chi connectivity index (χ1n) is 7.77. The number of hydrogen-bond acceptors (Lipinski definition) is 5. The minimum Gasteiger partial charge on any atom is -0.480 e. The molecular weight excluding hydrogens is 328 g/mol. The van der Waals surface area contributed by atoms with Crippen molar-refractivity contribution in [3.05, 3.63) is 35.9 Å². The number of esters is 1. The normalized spacial score (nSPS) is 12.8. The monoisotopic (exact) mass is 350 g/mol. The number of hydrogen-bond donors (Lipinski definition) is 3. The summed E-state index contributed by atoms with van der Waals surface area (Å²) in [5.41, 5.74) is 0.720. The molecule has 0 aliphatic carbocycles. The largest absolute Gasteiger partial charge is 0.480 e. The van der Waals surface area contributed by atoms with Gasteiger partial charge in [0, 0.05) is 0 Å². The number of benzene rings is 1. The van der Waals surface area contributed by atoms with Crippen molar-refractivity contribution in [1.29, 1.82) is 0 Å². The molecule has 0 aliphatic heterocycles. The van der Waals surface area contributed by atoms with Crippen LogP contribution in [0.25, 0.3) is 0 Å². The molecule has 2 atom stereocenters. The standard InChI is InChI=1S/C17H22N2O6/c1-10(2)13(14(20)18-11(3)16(22)23)19-15(21)17(24)25-9-12-7-5-4-6-8-12/h4-8,10-11,13H,9H2,1-3H3,(H,18,20)(H,19,21)(H,22,23). The Hall–Kier alpha value is -2.90. The second-order valence-corrected chi connectivity index (χ2v) is 5.83. The Kier molecular flexibility index (Phi) is 7.58. The van der Waals surface area contributed by atoms with Crippen LogP contribution < -0.4 is 10.6 Å². The number of carbonyl (C=O) groups excluding carboxylic acids is 3. The molecule has 0 bridgehead atoms. The third-order valence-corrected chi connectivity index (χ3v) is 3.36. The molecular formula is C17H22N2O6.